The Balaban J connectivity index is 2.68. The van der Waals surface area contributed by atoms with E-state index >= 15 is 0 Å². The molecule has 8 heteroatoms. The number of primary amides is 1. The summed E-state index contributed by atoms with van der Waals surface area (Å²) in [6, 6.07) is 5.43. The van der Waals surface area contributed by atoms with Gasteiger partial charge in [-0.1, -0.05) is 25.4 Å². The van der Waals surface area contributed by atoms with E-state index in [0.29, 0.717) is 10.8 Å². The predicted octanol–water partition coefficient (Wildman–Crippen LogP) is 1.87. The summed E-state index contributed by atoms with van der Waals surface area (Å²) < 4.78 is 10.5. The van der Waals surface area contributed by atoms with Crippen molar-refractivity contribution in [3.05, 3.63) is 29.3 Å². The molecule has 0 aliphatic heterocycles. The summed E-state index contributed by atoms with van der Waals surface area (Å²) in [6.07, 6.45) is -2.09. The molecule has 0 bridgehead atoms. The number of carbonyl (C=O) groups excluding carboxylic acids is 3. The fraction of sp³-hybridized carbons (Fsp3) is 0.400. The molecule has 7 nitrogen and oxygen atoms in total. The Morgan fingerprint density at radius 1 is 1.13 bits per heavy atom. The average molecular weight is 343 g/mol. The quantitative estimate of drug-likeness (QED) is 0.767. The second-order valence-electron chi connectivity index (χ2n) is 5.17. The second-order valence-corrected chi connectivity index (χ2v) is 5.61. The monoisotopic (exact) mass is 342 g/mol. The average Bonchev–Trinajstić information content (AvgIpc) is 2.45. The third kappa shape index (κ3) is 6.15. The third-order valence-electron chi connectivity index (χ3n) is 2.81. The van der Waals surface area contributed by atoms with Crippen LogP contribution < -0.4 is 15.8 Å². The number of carbonyl (C=O) groups is 3. The highest BCUT2D eigenvalue weighted by Gasteiger charge is 2.30. The number of halogens is 1. The van der Waals surface area contributed by atoms with Gasteiger partial charge in [0.05, 0.1) is 0 Å². The second kappa shape index (κ2) is 8.38. The van der Waals surface area contributed by atoms with E-state index in [1.165, 1.54) is 6.92 Å². The first kappa shape index (κ1) is 18.8. The van der Waals surface area contributed by atoms with Crippen molar-refractivity contribution in [2.24, 2.45) is 11.7 Å². The van der Waals surface area contributed by atoms with E-state index in [0.717, 1.165) is 0 Å². The Kier molecular flexibility index (Phi) is 6.84. The Labute approximate surface area is 139 Å². The van der Waals surface area contributed by atoms with Crippen molar-refractivity contribution >= 4 is 29.5 Å². The van der Waals surface area contributed by atoms with Gasteiger partial charge in [-0.15, -0.1) is 0 Å². The number of esters is 1. The van der Waals surface area contributed by atoms with Crippen molar-refractivity contribution in [2.45, 2.75) is 33.0 Å². The maximum Gasteiger partial charge on any atom is 0.347 e. The van der Waals surface area contributed by atoms with Gasteiger partial charge in [0, 0.05) is 5.02 Å². The summed E-state index contributed by atoms with van der Waals surface area (Å²) in [5.74, 6) is -1.43. The van der Waals surface area contributed by atoms with Crippen LogP contribution in [0.3, 0.4) is 0 Å². The molecule has 0 spiro atoms. The fourth-order valence-corrected chi connectivity index (χ4v) is 1.80. The van der Waals surface area contributed by atoms with Crippen LogP contribution in [0.2, 0.25) is 5.02 Å². The number of hydrogen-bond acceptors (Lipinski definition) is 5. The fourth-order valence-electron chi connectivity index (χ4n) is 1.67. The van der Waals surface area contributed by atoms with E-state index in [-0.39, 0.29) is 5.92 Å². The summed E-state index contributed by atoms with van der Waals surface area (Å²) in [5, 5.41) is 2.43. The number of rotatable bonds is 6. The Morgan fingerprint density at radius 3 is 2.17 bits per heavy atom. The first-order valence-corrected chi connectivity index (χ1v) is 7.31. The smallest absolute Gasteiger partial charge is 0.347 e. The molecular formula is C15H19ClN2O5. The topological polar surface area (TPSA) is 108 Å². The van der Waals surface area contributed by atoms with Crippen LogP contribution in [0.1, 0.15) is 20.8 Å². The molecule has 0 saturated heterocycles. The molecule has 3 N–H and O–H groups in total. The van der Waals surface area contributed by atoms with Crippen molar-refractivity contribution in [3.63, 3.8) is 0 Å². The van der Waals surface area contributed by atoms with Crippen molar-refractivity contribution in [1.82, 2.24) is 5.32 Å². The molecule has 1 aromatic carbocycles. The van der Waals surface area contributed by atoms with Crippen LogP contribution >= 0.6 is 11.6 Å². The number of benzene rings is 1. The SMILES string of the molecule is CC(C)[C@H](OC(=O)[C@@H](C)Oc1ccc(Cl)cc1)C(=O)NC(N)=O. The molecule has 0 radical (unpaired) electrons. The lowest BCUT2D eigenvalue weighted by atomic mass is 10.1. The van der Waals surface area contributed by atoms with Crippen LogP contribution in [0, 0.1) is 5.92 Å². The van der Waals surface area contributed by atoms with E-state index < -0.39 is 30.1 Å². The maximum absolute atomic E-state index is 12.0. The lowest BCUT2D eigenvalue weighted by Gasteiger charge is -2.22. The van der Waals surface area contributed by atoms with Crippen molar-refractivity contribution in [2.75, 3.05) is 0 Å². The summed E-state index contributed by atoms with van der Waals surface area (Å²) in [7, 11) is 0. The van der Waals surface area contributed by atoms with Crippen molar-refractivity contribution < 1.29 is 23.9 Å². The number of urea groups is 1. The van der Waals surface area contributed by atoms with Crippen LogP contribution in [0.5, 0.6) is 5.75 Å². The van der Waals surface area contributed by atoms with Gasteiger partial charge in [0.1, 0.15) is 5.75 Å². The Hall–Kier alpha value is -2.28. The van der Waals surface area contributed by atoms with Gasteiger partial charge in [0.2, 0.25) is 0 Å². The molecule has 0 fully saturated rings. The van der Waals surface area contributed by atoms with Crippen LogP contribution in [0.15, 0.2) is 24.3 Å². The lowest BCUT2D eigenvalue weighted by molar-refractivity contribution is -0.164. The van der Waals surface area contributed by atoms with Gasteiger partial charge in [0.25, 0.3) is 5.91 Å². The van der Waals surface area contributed by atoms with Gasteiger partial charge in [-0.3, -0.25) is 10.1 Å². The van der Waals surface area contributed by atoms with Crippen molar-refractivity contribution in [1.29, 1.82) is 0 Å². The van der Waals surface area contributed by atoms with Crippen LogP contribution in [-0.2, 0) is 14.3 Å². The molecule has 23 heavy (non-hydrogen) atoms. The lowest BCUT2D eigenvalue weighted by Crippen LogP contribution is -2.46. The zero-order valence-corrected chi connectivity index (χ0v) is 13.8. The van der Waals surface area contributed by atoms with E-state index in [1.54, 1.807) is 38.1 Å². The van der Waals surface area contributed by atoms with E-state index in [2.05, 4.69) is 0 Å². The summed E-state index contributed by atoms with van der Waals surface area (Å²) >= 11 is 5.76. The largest absolute Gasteiger partial charge is 0.479 e. The third-order valence-corrected chi connectivity index (χ3v) is 3.06. The molecule has 0 saturated carbocycles. The molecule has 1 aromatic rings. The highest BCUT2D eigenvalue weighted by Crippen LogP contribution is 2.17. The van der Waals surface area contributed by atoms with Crippen LogP contribution in [-0.4, -0.2) is 30.1 Å². The Bertz CT molecular complexity index is 574. The van der Waals surface area contributed by atoms with Gasteiger partial charge in [-0.25, -0.2) is 9.59 Å². The van der Waals surface area contributed by atoms with E-state index in [9.17, 15) is 14.4 Å². The molecular weight excluding hydrogens is 324 g/mol. The van der Waals surface area contributed by atoms with E-state index in [1.807, 2.05) is 5.32 Å². The first-order chi connectivity index (χ1) is 10.7. The van der Waals surface area contributed by atoms with Gasteiger partial charge in [-0.05, 0) is 37.1 Å². The van der Waals surface area contributed by atoms with Crippen molar-refractivity contribution in [3.8, 4) is 5.75 Å². The summed E-state index contributed by atoms with van der Waals surface area (Å²) in [4.78, 5) is 34.6. The molecule has 0 aromatic heterocycles. The molecule has 3 amide bonds. The van der Waals surface area contributed by atoms with Gasteiger partial charge >= 0.3 is 12.0 Å². The first-order valence-electron chi connectivity index (χ1n) is 6.93. The number of imide groups is 1. The standard InChI is InChI=1S/C15H19ClN2O5/c1-8(2)12(13(19)18-15(17)21)23-14(20)9(3)22-11-6-4-10(16)5-7-11/h4-9,12H,1-3H3,(H3,17,18,19,21)/t9-,12+/m1/s1. The molecule has 1 rings (SSSR count). The number of nitrogens with two attached hydrogens (primary N) is 1. The van der Waals surface area contributed by atoms with Crippen LogP contribution in [0.4, 0.5) is 4.79 Å². The molecule has 2 atom stereocenters. The molecule has 0 unspecified atom stereocenters. The molecule has 0 heterocycles. The number of ether oxygens (including phenoxy) is 2. The van der Waals surface area contributed by atoms with Gasteiger partial charge in [0.15, 0.2) is 12.2 Å². The Morgan fingerprint density at radius 2 is 1.70 bits per heavy atom. The molecule has 0 aliphatic carbocycles. The zero-order valence-electron chi connectivity index (χ0n) is 13.0. The van der Waals surface area contributed by atoms with E-state index in [4.69, 9.17) is 26.8 Å². The summed E-state index contributed by atoms with van der Waals surface area (Å²) in [6.45, 7) is 4.83. The highest BCUT2D eigenvalue weighted by molar-refractivity contribution is 6.30. The number of nitrogens with one attached hydrogen (secondary N) is 1. The minimum absolute atomic E-state index is 0.346. The van der Waals surface area contributed by atoms with Gasteiger partial charge < -0.3 is 15.2 Å². The maximum atomic E-state index is 12.0. The zero-order chi connectivity index (χ0) is 17.6. The van der Waals surface area contributed by atoms with Gasteiger partial charge in [-0.2, -0.15) is 0 Å². The number of hydrogen-bond donors (Lipinski definition) is 2. The summed E-state index contributed by atoms with van der Waals surface area (Å²) in [5.41, 5.74) is 4.89. The minimum Gasteiger partial charge on any atom is -0.479 e. The molecule has 0 aliphatic rings. The molecule has 126 valence electrons. The van der Waals surface area contributed by atoms with Crippen LogP contribution in [0.25, 0.3) is 0 Å². The number of amides is 3. The predicted molar refractivity (Wildman–Crippen MR) is 84.0 cm³/mol. The minimum atomic E-state index is -1.15. The normalized spacial score (nSPS) is 13.1. The highest BCUT2D eigenvalue weighted by atomic mass is 35.5.